The highest BCUT2D eigenvalue weighted by atomic mass is 16.5. The topological polar surface area (TPSA) is 33.3 Å². The quantitative estimate of drug-likeness (QED) is 0.846. The fourth-order valence-electron chi connectivity index (χ4n) is 2.67. The van der Waals surface area contributed by atoms with Crippen LogP contribution in [0.2, 0.25) is 0 Å². The highest BCUT2D eigenvalue weighted by Gasteiger charge is 2.20. The van der Waals surface area contributed by atoms with Crippen LogP contribution in [-0.4, -0.2) is 26.7 Å². The van der Waals surface area contributed by atoms with Crippen LogP contribution in [0.5, 0.6) is 5.75 Å². The second kappa shape index (κ2) is 4.96. The molecule has 2 N–H and O–H groups in total. The Morgan fingerprint density at radius 3 is 2.78 bits per heavy atom. The molecule has 0 aliphatic carbocycles. The molecular formula is C15H18N2O. The van der Waals surface area contributed by atoms with Crippen molar-refractivity contribution in [1.82, 2.24) is 10.6 Å². The number of benzene rings is 2. The van der Waals surface area contributed by atoms with Gasteiger partial charge in [0.2, 0.25) is 0 Å². The summed E-state index contributed by atoms with van der Waals surface area (Å²) in [7, 11) is 1.74. The highest BCUT2D eigenvalue weighted by Crippen LogP contribution is 2.33. The van der Waals surface area contributed by atoms with E-state index >= 15 is 0 Å². The molecule has 0 saturated carbocycles. The van der Waals surface area contributed by atoms with Crippen LogP contribution in [-0.2, 0) is 0 Å². The van der Waals surface area contributed by atoms with E-state index in [-0.39, 0.29) is 0 Å². The molecule has 3 nitrogen and oxygen atoms in total. The minimum atomic E-state index is 0.319. The van der Waals surface area contributed by atoms with Crippen molar-refractivity contribution in [2.75, 3.05) is 26.7 Å². The van der Waals surface area contributed by atoms with Crippen LogP contribution in [0.15, 0.2) is 36.4 Å². The van der Waals surface area contributed by atoms with E-state index in [2.05, 4.69) is 47.0 Å². The number of piperazine rings is 1. The summed E-state index contributed by atoms with van der Waals surface area (Å²) in [6, 6.07) is 13.0. The van der Waals surface area contributed by atoms with Crippen molar-refractivity contribution in [2.24, 2.45) is 0 Å². The lowest BCUT2D eigenvalue weighted by Crippen LogP contribution is -2.42. The Kier molecular flexibility index (Phi) is 3.17. The number of methoxy groups -OCH3 is 1. The Morgan fingerprint density at radius 1 is 1.11 bits per heavy atom. The van der Waals surface area contributed by atoms with Gasteiger partial charge in [0.15, 0.2) is 0 Å². The molecule has 1 fully saturated rings. The van der Waals surface area contributed by atoms with Crippen LogP contribution in [0, 0.1) is 0 Å². The van der Waals surface area contributed by atoms with Crippen molar-refractivity contribution in [2.45, 2.75) is 6.04 Å². The average Bonchev–Trinajstić information content (AvgIpc) is 2.47. The molecule has 94 valence electrons. The first-order valence-electron chi connectivity index (χ1n) is 6.40. The van der Waals surface area contributed by atoms with Crippen molar-refractivity contribution < 1.29 is 4.74 Å². The first kappa shape index (κ1) is 11.5. The standard InChI is InChI=1S/C15H18N2O/c1-18-14-7-6-11-4-2-3-5-12(11)15(14)13-10-16-8-9-17-13/h2-7,13,16-17H,8-10H2,1H3/t13-/m1/s1. The van der Waals surface area contributed by atoms with Gasteiger partial charge in [-0.1, -0.05) is 30.3 Å². The fourth-order valence-corrected chi connectivity index (χ4v) is 2.67. The molecule has 0 radical (unpaired) electrons. The molecule has 3 heteroatoms. The second-order valence-electron chi connectivity index (χ2n) is 4.61. The van der Waals surface area contributed by atoms with Gasteiger partial charge in [0, 0.05) is 31.2 Å². The van der Waals surface area contributed by atoms with Gasteiger partial charge in [0.05, 0.1) is 7.11 Å². The lowest BCUT2D eigenvalue weighted by atomic mass is 9.96. The van der Waals surface area contributed by atoms with Gasteiger partial charge in [-0.3, -0.25) is 0 Å². The van der Waals surface area contributed by atoms with Crippen LogP contribution >= 0.6 is 0 Å². The third-order valence-corrected chi connectivity index (χ3v) is 3.54. The molecule has 2 aromatic carbocycles. The lowest BCUT2D eigenvalue weighted by molar-refractivity contribution is 0.384. The Balaban J connectivity index is 2.16. The van der Waals surface area contributed by atoms with Crippen LogP contribution < -0.4 is 15.4 Å². The highest BCUT2D eigenvalue weighted by molar-refractivity contribution is 5.88. The summed E-state index contributed by atoms with van der Waals surface area (Å²) in [5.41, 5.74) is 1.27. The number of rotatable bonds is 2. The van der Waals surface area contributed by atoms with Crippen LogP contribution in [0.1, 0.15) is 11.6 Å². The molecule has 0 bridgehead atoms. The minimum Gasteiger partial charge on any atom is -0.496 e. The summed E-state index contributed by atoms with van der Waals surface area (Å²) in [5, 5.41) is 9.53. The van der Waals surface area contributed by atoms with Gasteiger partial charge >= 0.3 is 0 Å². The monoisotopic (exact) mass is 242 g/mol. The van der Waals surface area contributed by atoms with Crippen LogP contribution in [0.4, 0.5) is 0 Å². The van der Waals surface area contributed by atoms with Crippen LogP contribution in [0.3, 0.4) is 0 Å². The van der Waals surface area contributed by atoms with Crippen molar-refractivity contribution in [1.29, 1.82) is 0 Å². The first-order valence-corrected chi connectivity index (χ1v) is 6.40. The zero-order valence-electron chi connectivity index (χ0n) is 10.6. The molecule has 3 rings (SSSR count). The van der Waals surface area contributed by atoms with Gasteiger partial charge in [-0.25, -0.2) is 0 Å². The SMILES string of the molecule is COc1ccc2ccccc2c1[C@H]1CNCCN1. The molecule has 1 saturated heterocycles. The summed E-state index contributed by atoms with van der Waals surface area (Å²) in [5.74, 6) is 0.968. The van der Waals surface area contributed by atoms with Gasteiger partial charge in [-0.05, 0) is 16.8 Å². The smallest absolute Gasteiger partial charge is 0.124 e. The molecule has 0 aromatic heterocycles. The number of nitrogens with one attached hydrogen (secondary N) is 2. The van der Waals surface area contributed by atoms with E-state index in [1.807, 2.05) is 0 Å². The molecule has 1 aliphatic rings. The maximum atomic E-state index is 5.54. The van der Waals surface area contributed by atoms with E-state index in [0.29, 0.717) is 6.04 Å². The van der Waals surface area contributed by atoms with E-state index in [4.69, 9.17) is 4.74 Å². The van der Waals surface area contributed by atoms with E-state index in [1.54, 1.807) is 7.11 Å². The normalized spacial score (nSPS) is 19.9. The Hall–Kier alpha value is -1.58. The third kappa shape index (κ3) is 1.96. The van der Waals surface area contributed by atoms with E-state index in [1.165, 1.54) is 16.3 Å². The predicted octanol–water partition coefficient (Wildman–Crippen LogP) is 2.08. The maximum absolute atomic E-state index is 5.54. The molecule has 1 aliphatic heterocycles. The summed E-state index contributed by atoms with van der Waals surface area (Å²) < 4.78 is 5.54. The number of hydrogen-bond donors (Lipinski definition) is 2. The van der Waals surface area contributed by atoms with Crippen molar-refractivity contribution in [3.8, 4) is 5.75 Å². The van der Waals surface area contributed by atoms with Gasteiger partial charge < -0.3 is 15.4 Å². The van der Waals surface area contributed by atoms with Crippen molar-refractivity contribution in [3.05, 3.63) is 42.0 Å². The predicted molar refractivity (Wildman–Crippen MR) is 74.1 cm³/mol. The summed E-state index contributed by atoms with van der Waals surface area (Å²) in [4.78, 5) is 0. The minimum absolute atomic E-state index is 0.319. The lowest BCUT2D eigenvalue weighted by Gasteiger charge is -2.27. The molecule has 2 aromatic rings. The van der Waals surface area contributed by atoms with E-state index in [9.17, 15) is 0 Å². The third-order valence-electron chi connectivity index (χ3n) is 3.54. The molecule has 18 heavy (non-hydrogen) atoms. The van der Waals surface area contributed by atoms with E-state index in [0.717, 1.165) is 25.4 Å². The summed E-state index contributed by atoms with van der Waals surface area (Å²) in [6.45, 7) is 2.98. The summed E-state index contributed by atoms with van der Waals surface area (Å²) in [6.07, 6.45) is 0. The Labute approximate surface area is 107 Å². The molecule has 0 spiro atoms. The number of fused-ring (bicyclic) bond motifs is 1. The maximum Gasteiger partial charge on any atom is 0.124 e. The second-order valence-corrected chi connectivity index (χ2v) is 4.61. The van der Waals surface area contributed by atoms with E-state index < -0.39 is 0 Å². The summed E-state index contributed by atoms with van der Waals surface area (Å²) >= 11 is 0. The Bertz CT molecular complexity index is 547. The molecule has 0 unspecified atom stereocenters. The van der Waals surface area contributed by atoms with Crippen molar-refractivity contribution >= 4 is 10.8 Å². The van der Waals surface area contributed by atoms with Gasteiger partial charge in [0.25, 0.3) is 0 Å². The largest absolute Gasteiger partial charge is 0.496 e. The molecule has 0 amide bonds. The number of hydrogen-bond acceptors (Lipinski definition) is 3. The Morgan fingerprint density at radius 2 is 2.00 bits per heavy atom. The average molecular weight is 242 g/mol. The molecule has 1 atom stereocenters. The van der Waals surface area contributed by atoms with Crippen molar-refractivity contribution in [3.63, 3.8) is 0 Å². The fraction of sp³-hybridized carbons (Fsp3) is 0.333. The molecular weight excluding hydrogens is 224 g/mol. The van der Waals surface area contributed by atoms with Crippen LogP contribution in [0.25, 0.3) is 10.8 Å². The number of ether oxygens (including phenoxy) is 1. The van der Waals surface area contributed by atoms with Gasteiger partial charge in [-0.2, -0.15) is 0 Å². The zero-order chi connectivity index (χ0) is 12.4. The van der Waals surface area contributed by atoms with Gasteiger partial charge in [0.1, 0.15) is 5.75 Å². The molecule has 1 heterocycles. The first-order chi connectivity index (χ1) is 8.90. The van der Waals surface area contributed by atoms with Gasteiger partial charge in [-0.15, -0.1) is 0 Å². The zero-order valence-corrected chi connectivity index (χ0v) is 10.6.